The van der Waals surface area contributed by atoms with Crippen LogP contribution in [0.3, 0.4) is 0 Å². The van der Waals surface area contributed by atoms with Crippen LogP contribution >= 0.6 is 11.3 Å². The number of nitrogens with zero attached hydrogens (tertiary/aromatic N) is 1. The number of benzene rings is 2. The van der Waals surface area contributed by atoms with Gasteiger partial charge in [-0.2, -0.15) is 0 Å². The molecule has 0 bridgehead atoms. The Morgan fingerprint density at radius 3 is 2.70 bits per heavy atom. The van der Waals surface area contributed by atoms with Gasteiger partial charge >= 0.3 is 127 Å². The fourth-order valence-electron chi connectivity index (χ4n) is 2.21. The first kappa shape index (κ1) is 13.7. The van der Waals surface area contributed by atoms with Crippen molar-refractivity contribution in [3.63, 3.8) is 0 Å². The molecule has 0 aliphatic carbocycles. The monoisotopic (exact) mass is 345 g/mol. The zero-order valence-electron chi connectivity index (χ0n) is 11.5. The number of hydrogen-bond acceptors (Lipinski definition) is 3. The summed E-state index contributed by atoms with van der Waals surface area (Å²) in [5.41, 5.74) is 7.98. The van der Waals surface area contributed by atoms with E-state index in [0.29, 0.717) is 5.75 Å². The molecule has 1 N–H and O–H groups in total. The molecule has 1 aromatic heterocycles. The fourth-order valence-corrected chi connectivity index (χ4v) is 5.13. The van der Waals surface area contributed by atoms with E-state index in [4.69, 9.17) is 0 Å². The molecule has 0 saturated carbocycles. The average Bonchev–Trinajstić information content (AvgIpc) is 2.81. The van der Waals surface area contributed by atoms with Crippen LogP contribution in [0.2, 0.25) is 11.4 Å². The van der Waals surface area contributed by atoms with Gasteiger partial charge in [0.15, 0.2) is 0 Å². The van der Waals surface area contributed by atoms with Crippen LogP contribution in [0.5, 0.6) is 5.75 Å². The van der Waals surface area contributed by atoms with Gasteiger partial charge < -0.3 is 0 Å². The van der Waals surface area contributed by atoms with E-state index in [-0.39, 0.29) is 0 Å². The summed E-state index contributed by atoms with van der Waals surface area (Å²) in [6.07, 6.45) is 0. The minimum absolute atomic E-state index is 0.293. The first-order chi connectivity index (χ1) is 9.63. The van der Waals surface area contributed by atoms with Gasteiger partial charge in [-0.3, -0.25) is 0 Å². The van der Waals surface area contributed by atoms with Crippen molar-refractivity contribution in [2.75, 3.05) is 0 Å². The number of hydrogen-bond donors (Lipinski definition) is 1. The molecule has 2 aromatic carbocycles. The second kappa shape index (κ2) is 5.59. The quantitative estimate of drug-likeness (QED) is 0.709. The number of thiazole rings is 1. The van der Waals surface area contributed by atoms with E-state index >= 15 is 0 Å². The zero-order valence-corrected chi connectivity index (χ0v) is 14.2. The summed E-state index contributed by atoms with van der Waals surface area (Å²) in [7, 11) is 0. The molecular weight excluding hydrogens is 329 g/mol. The van der Waals surface area contributed by atoms with Crippen LogP contribution in [0.4, 0.5) is 0 Å². The molecular formula is C16H16AsNOS. The third-order valence-electron chi connectivity index (χ3n) is 3.09. The van der Waals surface area contributed by atoms with Crippen molar-refractivity contribution in [2.45, 2.75) is 16.6 Å². The van der Waals surface area contributed by atoms with Crippen molar-refractivity contribution in [2.24, 2.45) is 0 Å². The molecule has 102 valence electrons. The summed E-state index contributed by atoms with van der Waals surface area (Å²) >= 11 is 0.968. The van der Waals surface area contributed by atoms with Gasteiger partial charge in [-0.15, -0.1) is 0 Å². The molecule has 0 spiro atoms. The van der Waals surface area contributed by atoms with Crippen LogP contribution in [-0.4, -0.2) is 24.7 Å². The Labute approximate surface area is 127 Å². The number of phenols is 1. The number of aromatic hydroxyl groups is 1. The summed E-state index contributed by atoms with van der Waals surface area (Å²) in [6, 6.07) is 13.9. The molecule has 3 aromatic rings. The maximum atomic E-state index is 9.94. The van der Waals surface area contributed by atoms with Gasteiger partial charge in [0, 0.05) is 0 Å². The third-order valence-corrected chi connectivity index (χ3v) is 6.25. The number of fused-ring (bicyclic) bond motifs is 1. The number of phenolic OH excluding ortho intramolecular Hbond substituents is 1. The molecule has 20 heavy (non-hydrogen) atoms. The standard InChI is InChI=1S/C16H16AsNOS/c1-17(2)10-11-7-8-15-13(9-11)18-16(20-15)12-5-3-4-6-14(12)19/h3-9,19H,10H2,1-2H3. The van der Waals surface area contributed by atoms with E-state index in [0.717, 1.165) is 16.1 Å². The molecule has 0 radical (unpaired) electrons. The zero-order chi connectivity index (χ0) is 14.1. The van der Waals surface area contributed by atoms with E-state index in [1.807, 2.05) is 18.2 Å². The number of aromatic nitrogens is 1. The molecule has 0 amide bonds. The Hall–Kier alpha value is -1.31. The van der Waals surface area contributed by atoms with Gasteiger partial charge in [-0.25, -0.2) is 0 Å². The van der Waals surface area contributed by atoms with Crippen LogP contribution in [0.1, 0.15) is 5.56 Å². The van der Waals surface area contributed by atoms with Crippen LogP contribution in [0, 0.1) is 0 Å². The topological polar surface area (TPSA) is 33.1 Å². The van der Waals surface area contributed by atoms with E-state index in [1.165, 1.54) is 15.5 Å². The van der Waals surface area contributed by atoms with Crippen molar-refractivity contribution in [3.8, 4) is 16.3 Å². The van der Waals surface area contributed by atoms with E-state index in [1.54, 1.807) is 17.4 Å². The van der Waals surface area contributed by atoms with Gasteiger partial charge in [0.05, 0.1) is 0 Å². The number of para-hydroxylation sites is 1. The molecule has 0 unspecified atom stereocenters. The predicted molar refractivity (Wildman–Crippen MR) is 87.9 cm³/mol. The van der Waals surface area contributed by atoms with Crippen LogP contribution in [-0.2, 0) is 5.21 Å². The first-order valence-corrected chi connectivity index (χ1v) is 12.4. The van der Waals surface area contributed by atoms with E-state index in [9.17, 15) is 5.11 Å². The van der Waals surface area contributed by atoms with E-state index < -0.39 is 14.7 Å². The molecule has 2 nitrogen and oxygen atoms in total. The Morgan fingerprint density at radius 2 is 1.95 bits per heavy atom. The van der Waals surface area contributed by atoms with Crippen LogP contribution in [0.25, 0.3) is 20.8 Å². The molecule has 0 atom stereocenters. The summed E-state index contributed by atoms with van der Waals surface area (Å²) in [5.74, 6) is 0.293. The molecule has 0 aliphatic heterocycles. The van der Waals surface area contributed by atoms with Crippen LogP contribution in [0.15, 0.2) is 42.5 Å². The van der Waals surface area contributed by atoms with Crippen molar-refractivity contribution >= 4 is 36.2 Å². The second-order valence-electron chi connectivity index (χ2n) is 5.08. The Bertz CT molecular complexity index is 751. The Kier molecular flexibility index (Phi) is 3.82. The molecule has 0 aliphatic rings. The molecule has 3 rings (SSSR count). The minimum atomic E-state index is -0.665. The van der Waals surface area contributed by atoms with Gasteiger partial charge in [0.1, 0.15) is 0 Å². The first-order valence-electron chi connectivity index (χ1n) is 6.46. The summed E-state index contributed by atoms with van der Waals surface area (Å²) in [5, 5.41) is 12.0. The fraction of sp³-hybridized carbons (Fsp3) is 0.188. The van der Waals surface area contributed by atoms with Gasteiger partial charge in [-0.05, 0) is 0 Å². The SMILES string of the molecule is C[As](C)Cc1ccc2sc(-c3ccccc3O)nc2c1. The van der Waals surface area contributed by atoms with Crippen LogP contribution < -0.4 is 0 Å². The maximum absolute atomic E-state index is 9.94. The molecule has 0 fully saturated rings. The van der Waals surface area contributed by atoms with E-state index in [2.05, 4.69) is 34.6 Å². The van der Waals surface area contributed by atoms with Crippen molar-refractivity contribution in [1.82, 2.24) is 4.98 Å². The number of rotatable bonds is 3. The summed E-state index contributed by atoms with van der Waals surface area (Å²) in [4.78, 5) is 4.69. The van der Waals surface area contributed by atoms with Gasteiger partial charge in [0.25, 0.3) is 0 Å². The summed E-state index contributed by atoms with van der Waals surface area (Å²) < 4.78 is 1.18. The third kappa shape index (κ3) is 2.74. The second-order valence-corrected chi connectivity index (χ2v) is 11.3. The normalized spacial score (nSPS) is 11.3. The van der Waals surface area contributed by atoms with Crippen molar-refractivity contribution in [1.29, 1.82) is 0 Å². The van der Waals surface area contributed by atoms with Crippen molar-refractivity contribution < 1.29 is 5.11 Å². The van der Waals surface area contributed by atoms with Crippen molar-refractivity contribution in [3.05, 3.63) is 48.0 Å². The van der Waals surface area contributed by atoms with Gasteiger partial charge in [0.2, 0.25) is 0 Å². The molecule has 4 heteroatoms. The molecule has 1 heterocycles. The molecule has 0 saturated heterocycles. The Balaban J connectivity index is 2.05. The Morgan fingerprint density at radius 1 is 1.15 bits per heavy atom. The van der Waals surface area contributed by atoms with Gasteiger partial charge in [-0.1, -0.05) is 0 Å². The predicted octanol–water partition coefficient (Wildman–Crippen LogP) is 4.51. The average molecular weight is 345 g/mol. The summed E-state index contributed by atoms with van der Waals surface area (Å²) in [6.45, 7) is 0.